The fraction of sp³-hybridized carbons (Fsp3) is 0.321. The molecule has 0 aliphatic heterocycles. The molecular weight excluding hydrogens is 552 g/mol. The number of sulfonamides is 1. The maximum Gasteiger partial charge on any atom is 0.282 e. The predicted molar refractivity (Wildman–Crippen MR) is 144 cm³/mol. The molecule has 1 saturated carbocycles. The molecule has 0 saturated heterocycles. The van der Waals surface area contributed by atoms with E-state index in [0.29, 0.717) is 18.5 Å². The Morgan fingerprint density at radius 1 is 1.15 bits per heavy atom. The van der Waals surface area contributed by atoms with Gasteiger partial charge in [-0.1, -0.05) is 12.5 Å². The van der Waals surface area contributed by atoms with Crippen molar-refractivity contribution in [1.82, 2.24) is 33.8 Å². The summed E-state index contributed by atoms with van der Waals surface area (Å²) in [5.41, 5.74) is 1.79. The van der Waals surface area contributed by atoms with Crippen LogP contribution < -0.4 is 0 Å². The average Bonchev–Trinajstić information content (AvgIpc) is 3.58. The summed E-state index contributed by atoms with van der Waals surface area (Å²) in [6.45, 7) is 1.89. The third-order valence-electron chi connectivity index (χ3n) is 7.93. The number of fused-ring (bicyclic) bond motifs is 2. The molecule has 212 valence electrons. The SMILES string of the molecule is CCN([C@H]1CCC2=Cc3c(cnn3-c3ccc(F)cc3)C[C@]2(C(=O)c2cc(F)ccn2)C1)S(=O)(=O)c1ncn(C)n1. The largest absolute Gasteiger partial charge is 0.291 e. The Labute approximate surface area is 235 Å². The molecule has 13 heteroatoms. The minimum atomic E-state index is -4.05. The molecule has 2 atom stereocenters. The molecule has 41 heavy (non-hydrogen) atoms. The fourth-order valence-electron chi connectivity index (χ4n) is 6.06. The van der Waals surface area contributed by atoms with Gasteiger partial charge in [0.05, 0.1) is 23.0 Å². The van der Waals surface area contributed by atoms with Crippen molar-refractivity contribution in [1.29, 1.82) is 0 Å². The van der Waals surface area contributed by atoms with Crippen LogP contribution in [-0.4, -0.2) is 60.6 Å². The van der Waals surface area contributed by atoms with Crippen LogP contribution in [0.2, 0.25) is 0 Å². The van der Waals surface area contributed by atoms with Gasteiger partial charge in [0.1, 0.15) is 23.7 Å². The number of pyridine rings is 1. The molecular formula is C28H27F2N7O3S. The lowest BCUT2D eigenvalue weighted by atomic mass is 9.60. The van der Waals surface area contributed by atoms with Gasteiger partial charge in [-0.05, 0) is 67.7 Å². The number of Topliss-reactive ketones (excluding diaryl/α,β-unsaturated/α-hetero) is 1. The van der Waals surface area contributed by atoms with Crippen LogP contribution in [-0.2, 0) is 23.5 Å². The molecule has 0 N–H and O–H groups in total. The summed E-state index contributed by atoms with van der Waals surface area (Å²) in [7, 11) is -2.46. The number of hydrogen-bond donors (Lipinski definition) is 0. The van der Waals surface area contributed by atoms with E-state index in [4.69, 9.17) is 0 Å². The van der Waals surface area contributed by atoms with Crippen LogP contribution in [0, 0.1) is 17.0 Å². The smallest absolute Gasteiger partial charge is 0.282 e. The molecule has 0 radical (unpaired) electrons. The number of benzene rings is 1. The Hall–Kier alpha value is -4.10. The van der Waals surface area contributed by atoms with E-state index in [1.807, 2.05) is 6.08 Å². The highest BCUT2D eigenvalue weighted by molar-refractivity contribution is 7.89. The summed E-state index contributed by atoms with van der Waals surface area (Å²) in [5, 5.41) is 8.23. The van der Waals surface area contributed by atoms with E-state index in [-0.39, 0.29) is 41.8 Å². The number of carbonyl (C=O) groups excluding carboxylic acids is 1. The summed E-state index contributed by atoms with van der Waals surface area (Å²) in [4.78, 5) is 22.4. The number of aryl methyl sites for hydroxylation is 1. The van der Waals surface area contributed by atoms with Crippen LogP contribution in [0.5, 0.6) is 0 Å². The van der Waals surface area contributed by atoms with Crippen molar-refractivity contribution in [3.63, 3.8) is 0 Å². The van der Waals surface area contributed by atoms with Crippen molar-refractivity contribution in [3.05, 3.63) is 89.3 Å². The molecule has 1 aromatic carbocycles. The maximum absolute atomic E-state index is 14.3. The summed E-state index contributed by atoms with van der Waals surface area (Å²) in [6, 6.07) is 7.69. The van der Waals surface area contributed by atoms with Gasteiger partial charge < -0.3 is 0 Å². The topological polar surface area (TPSA) is 116 Å². The van der Waals surface area contributed by atoms with Crippen LogP contribution in [0.1, 0.15) is 47.9 Å². The molecule has 0 amide bonds. The van der Waals surface area contributed by atoms with E-state index >= 15 is 0 Å². The third-order valence-corrected chi connectivity index (χ3v) is 9.75. The number of rotatable bonds is 7. The first-order valence-corrected chi connectivity index (χ1v) is 14.6. The lowest BCUT2D eigenvalue weighted by Gasteiger charge is -2.46. The molecule has 0 unspecified atom stereocenters. The highest BCUT2D eigenvalue weighted by Gasteiger charge is 2.51. The van der Waals surface area contributed by atoms with Crippen molar-refractivity contribution in [2.75, 3.05) is 6.54 Å². The van der Waals surface area contributed by atoms with E-state index in [1.165, 1.54) is 39.7 Å². The standard InChI is InChI=1S/C28H27F2N7O3S/c1-3-36(41(39,40)27-32-17-35(2)34-27)23-7-4-19-12-25-18(16-33-37(25)22-8-5-20(29)6-9-22)14-28(19,15-23)26(38)24-13-21(30)10-11-31-24/h5-6,8-13,16-17,23H,3-4,7,14-15H2,1-2H3/t23-,28-/m0/s1. The van der Waals surface area contributed by atoms with E-state index in [0.717, 1.165) is 22.9 Å². The molecule has 6 rings (SSSR count). The second-order valence-corrected chi connectivity index (χ2v) is 12.2. The van der Waals surface area contributed by atoms with Gasteiger partial charge in [0.15, 0.2) is 5.78 Å². The van der Waals surface area contributed by atoms with Crippen molar-refractivity contribution >= 4 is 21.9 Å². The second kappa shape index (κ2) is 10.1. The van der Waals surface area contributed by atoms with Gasteiger partial charge in [0.2, 0.25) is 0 Å². The number of hydrogen-bond acceptors (Lipinski definition) is 7. The first-order chi connectivity index (χ1) is 19.6. The molecule has 1 fully saturated rings. The first kappa shape index (κ1) is 27.1. The summed E-state index contributed by atoms with van der Waals surface area (Å²) in [6.07, 6.45) is 7.41. The van der Waals surface area contributed by atoms with E-state index in [1.54, 1.807) is 37.0 Å². The molecule has 2 aliphatic carbocycles. The zero-order valence-electron chi connectivity index (χ0n) is 22.4. The molecule has 10 nitrogen and oxygen atoms in total. The van der Waals surface area contributed by atoms with Gasteiger partial charge in [-0.15, -0.1) is 5.10 Å². The molecule has 3 aromatic heterocycles. The van der Waals surface area contributed by atoms with Crippen molar-refractivity contribution in [3.8, 4) is 5.69 Å². The fourth-order valence-corrected chi connectivity index (χ4v) is 7.59. The van der Waals surface area contributed by atoms with Crippen LogP contribution >= 0.6 is 0 Å². The third kappa shape index (κ3) is 4.58. The summed E-state index contributed by atoms with van der Waals surface area (Å²) >= 11 is 0. The number of aromatic nitrogens is 6. The van der Waals surface area contributed by atoms with E-state index < -0.39 is 27.3 Å². The number of carbonyl (C=O) groups is 1. The number of halogens is 2. The van der Waals surface area contributed by atoms with Crippen LogP contribution in [0.15, 0.2) is 65.8 Å². The summed E-state index contributed by atoms with van der Waals surface area (Å²) in [5.74, 6) is -1.33. The van der Waals surface area contributed by atoms with Gasteiger partial charge in [0.25, 0.3) is 15.2 Å². The maximum atomic E-state index is 14.3. The zero-order valence-corrected chi connectivity index (χ0v) is 23.2. The molecule has 0 bridgehead atoms. The Bertz CT molecular complexity index is 1780. The van der Waals surface area contributed by atoms with Crippen molar-refractivity contribution < 1.29 is 22.0 Å². The van der Waals surface area contributed by atoms with Crippen LogP contribution in [0.3, 0.4) is 0 Å². The Morgan fingerprint density at radius 2 is 1.93 bits per heavy atom. The van der Waals surface area contributed by atoms with Crippen LogP contribution in [0.4, 0.5) is 8.78 Å². The van der Waals surface area contributed by atoms with Crippen LogP contribution in [0.25, 0.3) is 11.8 Å². The lowest BCUT2D eigenvalue weighted by molar-refractivity contribution is 0.0738. The summed E-state index contributed by atoms with van der Waals surface area (Å²) < 4.78 is 59.4. The van der Waals surface area contributed by atoms with Gasteiger partial charge in [-0.2, -0.15) is 9.40 Å². The van der Waals surface area contributed by atoms with Gasteiger partial charge in [-0.25, -0.2) is 26.9 Å². The first-order valence-electron chi connectivity index (χ1n) is 13.2. The highest BCUT2D eigenvalue weighted by Crippen LogP contribution is 2.51. The van der Waals surface area contributed by atoms with Gasteiger partial charge in [-0.3, -0.25) is 14.5 Å². The minimum Gasteiger partial charge on any atom is -0.291 e. The van der Waals surface area contributed by atoms with Crippen molar-refractivity contribution in [2.45, 2.75) is 43.8 Å². The minimum absolute atomic E-state index is 0.0248. The van der Waals surface area contributed by atoms with Gasteiger partial charge in [0, 0.05) is 31.9 Å². The quantitative estimate of drug-likeness (QED) is 0.306. The van der Waals surface area contributed by atoms with E-state index in [2.05, 4.69) is 20.2 Å². The number of nitrogens with zero attached hydrogens (tertiary/aromatic N) is 7. The predicted octanol–water partition coefficient (Wildman–Crippen LogP) is 3.75. The van der Waals surface area contributed by atoms with E-state index in [9.17, 15) is 22.0 Å². The van der Waals surface area contributed by atoms with Gasteiger partial charge >= 0.3 is 0 Å². The highest BCUT2D eigenvalue weighted by atomic mass is 32.2. The average molecular weight is 580 g/mol. The molecule has 3 heterocycles. The number of ketones is 1. The monoisotopic (exact) mass is 579 g/mol. The Balaban J connectivity index is 1.44. The Morgan fingerprint density at radius 3 is 2.61 bits per heavy atom. The second-order valence-electron chi connectivity index (χ2n) is 10.4. The molecule has 0 spiro atoms. The molecule has 2 aliphatic rings. The molecule has 4 aromatic rings. The van der Waals surface area contributed by atoms with Crippen molar-refractivity contribution in [2.24, 2.45) is 12.5 Å². The lowest BCUT2D eigenvalue weighted by Crippen LogP contribution is -2.50. The zero-order chi connectivity index (χ0) is 28.9. The number of allylic oxidation sites excluding steroid dienone is 1. The Kier molecular flexibility index (Phi) is 6.65. The normalized spacial score (nSPS) is 20.4.